The average Bonchev–Trinajstić information content (AvgIpc) is 2.63. The van der Waals surface area contributed by atoms with Crippen molar-refractivity contribution in [2.24, 2.45) is 0 Å². The fourth-order valence-corrected chi connectivity index (χ4v) is 2.32. The third-order valence-corrected chi connectivity index (χ3v) is 3.62. The highest BCUT2D eigenvalue weighted by Crippen LogP contribution is 2.08. The zero-order valence-corrected chi connectivity index (χ0v) is 13.7. The van der Waals surface area contributed by atoms with E-state index in [-0.39, 0.29) is 24.6 Å². The Morgan fingerprint density at radius 3 is 2.28 bits per heavy atom. The van der Waals surface area contributed by atoms with Crippen molar-refractivity contribution in [3.8, 4) is 6.07 Å². The van der Waals surface area contributed by atoms with E-state index in [1.165, 1.54) is 31.4 Å². The molecule has 25 heavy (non-hydrogen) atoms. The van der Waals surface area contributed by atoms with E-state index in [4.69, 9.17) is 10.00 Å². The second-order valence-corrected chi connectivity index (χ2v) is 5.46. The summed E-state index contributed by atoms with van der Waals surface area (Å²) < 4.78 is 17.6. The zero-order valence-electron chi connectivity index (χ0n) is 13.7. The van der Waals surface area contributed by atoms with Crippen molar-refractivity contribution in [1.82, 2.24) is 5.32 Å². The van der Waals surface area contributed by atoms with E-state index in [9.17, 15) is 14.0 Å². The van der Waals surface area contributed by atoms with Gasteiger partial charge in [-0.3, -0.25) is 4.79 Å². The van der Waals surface area contributed by atoms with Crippen LogP contribution < -0.4 is 5.32 Å². The van der Waals surface area contributed by atoms with E-state index in [0.29, 0.717) is 11.1 Å². The summed E-state index contributed by atoms with van der Waals surface area (Å²) in [6.07, 6.45) is 0.273. The van der Waals surface area contributed by atoms with Crippen LogP contribution in [0.1, 0.15) is 16.7 Å². The van der Waals surface area contributed by atoms with E-state index in [1.54, 1.807) is 24.3 Å². The van der Waals surface area contributed by atoms with E-state index < -0.39 is 12.0 Å². The molecule has 0 aliphatic carbocycles. The summed E-state index contributed by atoms with van der Waals surface area (Å²) in [4.78, 5) is 24.1. The van der Waals surface area contributed by atoms with Crippen molar-refractivity contribution in [2.75, 3.05) is 7.11 Å². The van der Waals surface area contributed by atoms with Gasteiger partial charge in [0.15, 0.2) is 0 Å². The van der Waals surface area contributed by atoms with Crippen molar-refractivity contribution in [2.45, 2.75) is 18.9 Å². The molecule has 0 unspecified atom stereocenters. The van der Waals surface area contributed by atoms with Gasteiger partial charge in [-0.1, -0.05) is 24.3 Å². The number of esters is 1. The molecule has 2 aromatic rings. The van der Waals surface area contributed by atoms with Crippen LogP contribution in [0.4, 0.5) is 4.39 Å². The molecule has 0 saturated heterocycles. The smallest absolute Gasteiger partial charge is 0.328 e. The number of methoxy groups -OCH3 is 1. The van der Waals surface area contributed by atoms with Gasteiger partial charge in [0.1, 0.15) is 11.9 Å². The van der Waals surface area contributed by atoms with Gasteiger partial charge in [0.2, 0.25) is 5.91 Å². The molecule has 2 rings (SSSR count). The molecule has 5 nitrogen and oxygen atoms in total. The summed E-state index contributed by atoms with van der Waals surface area (Å²) in [7, 11) is 1.25. The van der Waals surface area contributed by atoms with Crippen LogP contribution in [-0.2, 0) is 27.2 Å². The number of nitrogens with one attached hydrogen (secondary N) is 1. The van der Waals surface area contributed by atoms with Gasteiger partial charge in [-0.15, -0.1) is 0 Å². The number of benzene rings is 2. The van der Waals surface area contributed by atoms with E-state index in [1.807, 2.05) is 6.07 Å². The summed E-state index contributed by atoms with van der Waals surface area (Å²) in [6, 6.07) is 13.5. The highest BCUT2D eigenvalue weighted by Gasteiger charge is 2.22. The minimum absolute atomic E-state index is 0.0289. The summed E-state index contributed by atoms with van der Waals surface area (Å²) in [5, 5.41) is 11.4. The van der Waals surface area contributed by atoms with Gasteiger partial charge in [0.05, 0.1) is 25.2 Å². The molecule has 128 valence electrons. The molecule has 1 atom stereocenters. The number of nitrogens with zero attached hydrogens (tertiary/aromatic N) is 1. The highest BCUT2D eigenvalue weighted by molar-refractivity contribution is 5.85. The normalized spacial score (nSPS) is 11.2. The Morgan fingerprint density at radius 1 is 1.12 bits per heavy atom. The highest BCUT2D eigenvalue weighted by atomic mass is 19.1. The maximum absolute atomic E-state index is 12.9. The molecular weight excluding hydrogens is 323 g/mol. The number of carbonyl (C=O) groups excluding carboxylic acids is 2. The Balaban J connectivity index is 2.03. The van der Waals surface area contributed by atoms with Gasteiger partial charge in [0, 0.05) is 6.42 Å². The molecule has 0 aliphatic heterocycles. The lowest BCUT2D eigenvalue weighted by Gasteiger charge is -2.17. The topological polar surface area (TPSA) is 79.2 Å². The molecule has 1 amide bonds. The monoisotopic (exact) mass is 340 g/mol. The fraction of sp³-hybridized carbons (Fsp3) is 0.211. The fourth-order valence-electron chi connectivity index (χ4n) is 2.32. The largest absolute Gasteiger partial charge is 0.467 e. The molecule has 0 fully saturated rings. The molecular formula is C19H17FN2O3. The van der Waals surface area contributed by atoms with Crippen molar-refractivity contribution < 1.29 is 18.7 Å². The second kappa shape index (κ2) is 8.60. The Hall–Kier alpha value is -3.20. The van der Waals surface area contributed by atoms with Gasteiger partial charge in [-0.2, -0.15) is 5.26 Å². The molecule has 0 bridgehead atoms. The van der Waals surface area contributed by atoms with E-state index in [2.05, 4.69) is 5.32 Å². The molecule has 2 aromatic carbocycles. The first-order valence-electron chi connectivity index (χ1n) is 7.62. The number of hydrogen-bond acceptors (Lipinski definition) is 4. The summed E-state index contributed by atoms with van der Waals surface area (Å²) in [5.41, 5.74) is 1.94. The molecule has 1 N–H and O–H groups in total. The van der Waals surface area contributed by atoms with Gasteiger partial charge in [-0.05, 0) is 35.4 Å². The maximum atomic E-state index is 12.9. The third-order valence-electron chi connectivity index (χ3n) is 3.62. The standard InChI is InChI=1S/C19H17FN2O3/c1-25-19(24)17(10-13-2-4-15(12-21)5-3-13)22-18(23)11-14-6-8-16(20)9-7-14/h2-9,17H,10-11H2,1H3,(H,22,23)/t17-/m1/s1. The van der Waals surface area contributed by atoms with Gasteiger partial charge in [-0.25, -0.2) is 9.18 Å². The predicted octanol–water partition coefficient (Wildman–Crippen LogP) is 2.14. The maximum Gasteiger partial charge on any atom is 0.328 e. The number of rotatable bonds is 6. The number of nitriles is 1. The zero-order chi connectivity index (χ0) is 18.2. The summed E-state index contributed by atoms with van der Waals surface area (Å²) >= 11 is 0. The lowest BCUT2D eigenvalue weighted by atomic mass is 10.0. The van der Waals surface area contributed by atoms with Gasteiger partial charge >= 0.3 is 5.97 Å². The Labute approximate surface area is 145 Å². The molecule has 6 heteroatoms. The van der Waals surface area contributed by atoms with Crippen LogP contribution in [0.2, 0.25) is 0 Å². The van der Waals surface area contributed by atoms with Gasteiger partial charge < -0.3 is 10.1 Å². The summed E-state index contributed by atoms with van der Waals surface area (Å²) in [5.74, 6) is -1.30. The summed E-state index contributed by atoms with van der Waals surface area (Å²) in [6.45, 7) is 0. The van der Waals surface area contributed by atoms with Crippen molar-refractivity contribution in [3.63, 3.8) is 0 Å². The number of ether oxygens (including phenoxy) is 1. The van der Waals surface area contributed by atoms with Crippen molar-refractivity contribution in [1.29, 1.82) is 5.26 Å². The van der Waals surface area contributed by atoms with Crippen LogP contribution in [0.25, 0.3) is 0 Å². The predicted molar refractivity (Wildman–Crippen MR) is 88.9 cm³/mol. The minimum atomic E-state index is -0.842. The quantitative estimate of drug-likeness (QED) is 0.817. The van der Waals surface area contributed by atoms with Crippen molar-refractivity contribution >= 4 is 11.9 Å². The SMILES string of the molecule is COC(=O)[C@@H](Cc1ccc(C#N)cc1)NC(=O)Cc1ccc(F)cc1. The molecule has 0 radical (unpaired) electrons. The molecule has 0 heterocycles. The minimum Gasteiger partial charge on any atom is -0.467 e. The molecule has 0 saturated carbocycles. The first-order valence-corrected chi connectivity index (χ1v) is 7.62. The first-order chi connectivity index (χ1) is 12.0. The lowest BCUT2D eigenvalue weighted by Crippen LogP contribution is -2.43. The molecule has 0 aliphatic rings. The third kappa shape index (κ3) is 5.43. The van der Waals surface area contributed by atoms with Gasteiger partial charge in [0.25, 0.3) is 0 Å². The Kier molecular flexibility index (Phi) is 6.24. The Morgan fingerprint density at radius 2 is 1.72 bits per heavy atom. The van der Waals surface area contributed by atoms with Crippen LogP contribution in [-0.4, -0.2) is 25.0 Å². The van der Waals surface area contributed by atoms with Crippen LogP contribution in [0.3, 0.4) is 0 Å². The van der Waals surface area contributed by atoms with E-state index in [0.717, 1.165) is 5.56 Å². The number of carbonyl (C=O) groups is 2. The molecule has 0 spiro atoms. The molecule has 0 aromatic heterocycles. The number of amides is 1. The van der Waals surface area contributed by atoms with Crippen LogP contribution in [0, 0.1) is 17.1 Å². The van der Waals surface area contributed by atoms with Crippen LogP contribution in [0.15, 0.2) is 48.5 Å². The van der Waals surface area contributed by atoms with Crippen LogP contribution in [0.5, 0.6) is 0 Å². The van der Waals surface area contributed by atoms with E-state index >= 15 is 0 Å². The first kappa shape index (κ1) is 18.1. The van der Waals surface area contributed by atoms with Crippen molar-refractivity contribution in [3.05, 3.63) is 71.0 Å². The van der Waals surface area contributed by atoms with Crippen LogP contribution >= 0.6 is 0 Å². The average molecular weight is 340 g/mol. The second-order valence-electron chi connectivity index (χ2n) is 5.46. The number of hydrogen-bond donors (Lipinski definition) is 1. The number of halogens is 1. The lowest BCUT2D eigenvalue weighted by molar-refractivity contribution is -0.145. The Bertz CT molecular complexity index is 780.